The zero-order valence-corrected chi connectivity index (χ0v) is 14.2. The highest BCUT2D eigenvalue weighted by atomic mass is 32.2. The van der Waals surface area contributed by atoms with E-state index in [9.17, 15) is 13.2 Å². The Balaban J connectivity index is 1.80. The van der Waals surface area contributed by atoms with E-state index in [1.54, 1.807) is 24.3 Å². The molecule has 130 valence electrons. The summed E-state index contributed by atoms with van der Waals surface area (Å²) in [6, 6.07) is 6.62. The molecule has 0 radical (unpaired) electrons. The van der Waals surface area contributed by atoms with Gasteiger partial charge in [0.05, 0.1) is 6.26 Å². The van der Waals surface area contributed by atoms with Gasteiger partial charge in [-0.05, 0) is 24.6 Å². The first-order valence-corrected chi connectivity index (χ1v) is 9.04. The van der Waals surface area contributed by atoms with E-state index in [1.165, 1.54) is 17.7 Å². The molecule has 0 unspecified atom stereocenters. The van der Waals surface area contributed by atoms with Crippen LogP contribution in [0.15, 0.2) is 35.1 Å². The molecule has 2 rings (SSSR count). The molecule has 2 aromatic rings. The lowest BCUT2D eigenvalue weighted by molar-refractivity contribution is 0.251. The highest BCUT2D eigenvalue weighted by molar-refractivity contribution is 7.88. The van der Waals surface area contributed by atoms with E-state index in [0.717, 1.165) is 6.26 Å². The Labute approximate surface area is 140 Å². The van der Waals surface area contributed by atoms with Gasteiger partial charge in [-0.2, -0.15) is 0 Å². The molecule has 0 aliphatic heterocycles. The Bertz CT molecular complexity index is 776. The molecule has 1 aromatic carbocycles. The van der Waals surface area contributed by atoms with Crippen LogP contribution in [0.1, 0.15) is 6.42 Å². The maximum absolute atomic E-state index is 11.8. The van der Waals surface area contributed by atoms with Crippen molar-refractivity contribution in [1.29, 1.82) is 0 Å². The van der Waals surface area contributed by atoms with E-state index >= 15 is 0 Å². The van der Waals surface area contributed by atoms with Crippen molar-refractivity contribution in [2.45, 2.75) is 6.42 Å². The summed E-state index contributed by atoms with van der Waals surface area (Å²) >= 11 is 0. The minimum atomic E-state index is -3.19. The summed E-state index contributed by atoms with van der Waals surface area (Å²) in [4.78, 5) is 11.8. The molecule has 2 amide bonds. The fraction of sp³-hybridized carbons (Fsp3) is 0.357. The molecule has 2 N–H and O–H groups in total. The van der Waals surface area contributed by atoms with E-state index in [0.29, 0.717) is 36.7 Å². The van der Waals surface area contributed by atoms with Gasteiger partial charge in [-0.25, -0.2) is 17.5 Å². The van der Waals surface area contributed by atoms with Crippen molar-refractivity contribution < 1.29 is 17.6 Å². The molecular formula is C14H19N5O4S. The smallest absolute Gasteiger partial charge is 0.319 e. The maximum Gasteiger partial charge on any atom is 0.319 e. The van der Waals surface area contributed by atoms with Crippen LogP contribution < -0.4 is 10.6 Å². The van der Waals surface area contributed by atoms with Crippen molar-refractivity contribution in [2.24, 2.45) is 0 Å². The highest BCUT2D eigenvalue weighted by Gasteiger charge is 2.10. The van der Waals surface area contributed by atoms with E-state index in [1.807, 2.05) is 0 Å². The first kappa shape index (κ1) is 17.9. The van der Waals surface area contributed by atoms with Crippen LogP contribution in [0, 0.1) is 0 Å². The number of nitrogens with zero attached hydrogens (tertiary/aromatic N) is 3. The number of carbonyl (C=O) groups is 1. The van der Waals surface area contributed by atoms with E-state index < -0.39 is 10.0 Å². The number of aromatic nitrogens is 2. The first-order chi connectivity index (χ1) is 11.4. The monoisotopic (exact) mass is 353 g/mol. The molecule has 0 aliphatic rings. The van der Waals surface area contributed by atoms with Gasteiger partial charge in [-0.1, -0.05) is 6.07 Å². The summed E-state index contributed by atoms with van der Waals surface area (Å²) in [5.74, 6) is 0.364. The summed E-state index contributed by atoms with van der Waals surface area (Å²) in [6.45, 7) is 0.695. The lowest BCUT2D eigenvalue weighted by Crippen LogP contribution is -2.33. The lowest BCUT2D eigenvalue weighted by Gasteiger charge is -2.14. The van der Waals surface area contributed by atoms with E-state index in [2.05, 4.69) is 20.8 Å². The number of nitrogens with one attached hydrogen (secondary N) is 2. The van der Waals surface area contributed by atoms with E-state index in [-0.39, 0.29) is 6.03 Å². The fourth-order valence-electron chi connectivity index (χ4n) is 1.87. The van der Waals surface area contributed by atoms with Crippen molar-refractivity contribution in [3.63, 3.8) is 0 Å². The number of urea groups is 1. The van der Waals surface area contributed by atoms with Crippen molar-refractivity contribution in [3.05, 3.63) is 30.7 Å². The van der Waals surface area contributed by atoms with Crippen LogP contribution in [0.4, 0.5) is 10.5 Å². The van der Waals surface area contributed by atoms with Gasteiger partial charge in [-0.15, -0.1) is 10.2 Å². The normalized spacial score (nSPS) is 11.5. The molecule has 1 aromatic heterocycles. The number of hydrogen-bond donors (Lipinski definition) is 2. The van der Waals surface area contributed by atoms with Gasteiger partial charge < -0.3 is 15.1 Å². The third kappa shape index (κ3) is 5.32. The van der Waals surface area contributed by atoms with Gasteiger partial charge in [0, 0.05) is 31.4 Å². The maximum atomic E-state index is 11.8. The van der Waals surface area contributed by atoms with Crippen LogP contribution in [0.2, 0.25) is 0 Å². The number of hydrogen-bond acceptors (Lipinski definition) is 6. The van der Waals surface area contributed by atoms with E-state index in [4.69, 9.17) is 4.42 Å². The van der Waals surface area contributed by atoms with Gasteiger partial charge in [0.25, 0.3) is 0 Å². The zero-order valence-electron chi connectivity index (χ0n) is 13.4. The molecule has 0 bridgehead atoms. The highest BCUT2D eigenvalue weighted by Crippen LogP contribution is 2.20. The number of amides is 2. The van der Waals surface area contributed by atoms with Gasteiger partial charge in [0.2, 0.25) is 22.3 Å². The largest absolute Gasteiger partial charge is 0.423 e. The molecule has 0 saturated carbocycles. The topological polar surface area (TPSA) is 117 Å². The SMILES string of the molecule is CN(CCCNC(=O)Nc1cccc(-c2nnco2)c1)S(C)(=O)=O. The van der Waals surface area contributed by atoms with Crippen molar-refractivity contribution in [3.8, 4) is 11.5 Å². The fourth-order valence-corrected chi connectivity index (χ4v) is 2.33. The summed E-state index contributed by atoms with van der Waals surface area (Å²) in [5.41, 5.74) is 1.27. The second-order valence-corrected chi connectivity index (χ2v) is 7.23. The minimum Gasteiger partial charge on any atom is -0.423 e. The lowest BCUT2D eigenvalue weighted by atomic mass is 10.2. The predicted octanol–water partition coefficient (Wildman–Crippen LogP) is 1.14. The number of benzene rings is 1. The Hall–Kier alpha value is -2.46. The van der Waals surface area contributed by atoms with Crippen LogP contribution >= 0.6 is 0 Å². The molecule has 0 aliphatic carbocycles. The van der Waals surface area contributed by atoms with Crippen LogP contribution in [-0.2, 0) is 10.0 Å². The summed E-state index contributed by atoms with van der Waals surface area (Å²) in [6.07, 6.45) is 2.89. The van der Waals surface area contributed by atoms with Gasteiger partial charge in [0.15, 0.2) is 0 Å². The number of anilines is 1. The summed E-state index contributed by atoms with van der Waals surface area (Å²) in [5, 5.41) is 12.8. The molecule has 1 heterocycles. The molecule has 0 atom stereocenters. The van der Waals surface area contributed by atoms with Crippen LogP contribution in [0.25, 0.3) is 11.5 Å². The number of sulfonamides is 1. The number of rotatable bonds is 7. The molecule has 0 saturated heterocycles. The van der Waals surface area contributed by atoms with Crippen molar-refractivity contribution >= 4 is 21.7 Å². The average Bonchev–Trinajstić information content (AvgIpc) is 3.05. The summed E-state index contributed by atoms with van der Waals surface area (Å²) < 4.78 is 28.8. The Morgan fingerprint density at radius 1 is 1.38 bits per heavy atom. The summed E-state index contributed by atoms with van der Waals surface area (Å²) in [7, 11) is -1.69. The Morgan fingerprint density at radius 3 is 2.83 bits per heavy atom. The van der Waals surface area contributed by atoms with Gasteiger partial charge >= 0.3 is 6.03 Å². The van der Waals surface area contributed by atoms with Crippen LogP contribution in [0.3, 0.4) is 0 Å². The molecule has 9 nitrogen and oxygen atoms in total. The zero-order chi connectivity index (χ0) is 17.6. The second-order valence-electron chi connectivity index (χ2n) is 5.14. The third-order valence-corrected chi connectivity index (χ3v) is 4.54. The van der Waals surface area contributed by atoms with Crippen LogP contribution in [-0.4, -0.2) is 55.3 Å². The standard InChI is InChI=1S/C14H19N5O4S/c1-19(24(2,21)22)8-4-7-15-14(20)17-12-6-3-5-11(9-12)13-18-16-10-23-13/h3,5-6,9-10H,4,7-8H2,1-2H3,(H2,15,17,20). The van der Waals surface area contributed by atoms with Crippen molar-refractivity contribution in [1.82, 2.24) is 19.8 Å². The predicted molar refractivity (Wildman–Crippen MR) is 88.8 cm³/mol. The molecular weight excluding hydrogens is 334 g/mol. The quantitative estimate of drug-likeness (QED) is 0.721. The van der Waals surface area contributed by atoms with Crippen LogP contribution in [0.5, 0.6) is 0 Å². The molecule has 0 fully saturated rings. The van der Waals surface area contributed by atoms with Gasteiger partial charge in [0.1, 0.15) is 0 Å². The number of carbonyl (C=O) groups excluding carboxylic acids is 1. The Morgan fingerprint density at radius 2 is 2.17 bits per heavy atom. The first-order valence-electron chi connectivity index (χ1n) is 7.19. The molecule has 10 heteroatoms. The molecule has 0 spiro atoms. The second kappa shape index (κ2) is 7.88. The Kier molecular flexibility index (Phi) is 5.88. The average molecular weight is 353 g/mol. The third-order valence-electron chi connectivity index (χ3n) is 3.23. The molecule has 24 heavy (non-hydrogen) atoms. The van der Waals surface area contributed by atoms with Gasteiger partial charge in [-0.3, -0.25) is 0 Å². The minimum absolute atomic E-state index is 0.339. The van der Waals surface area contributed by atoms with Crippen molar-refractivity contribution in [2.75, 3.05) is 31.7 Å².